The summed E-state index contributed by atoms with van der Waals surface area (Å²) < 4.78 is 7.07. The number of ether oxygens (including phenoxy) is 1. The fourth-order valence-corrected chi connectivity index (χ4v) is 4.63. The molecule has 2 heterocycles. The summed E-state index contributed by atoms with van der Waals surface area (Å²) in [4.78, 5) is 17.9. The van der Waals surface area contributed by atoms with Gasteiger partial charge in [0.15, 0.2) is 0 Å². The summed E-state index contributed by atoms with van der Waals surface area (Å²) in [6.07, 6.45) is 2.03. The van der Waals surface area contributed by atoms with Gasteiger partial charge in [0, 0.05) is 30.5 Å². The van der Waals surface area contributed by atoms with Crippen LogP contribution in [0.1, 0.15) is 32.3 Å². The maximum atomic E-state index is 11.9. The van der Waals surface area contributed by atoms with Gasteiger partial charge in [-0.3, -0.25) is 0 Å². The number of carbonyl (C=O) groups is 1. The van der Waals surface area contributed by atoms with Crippen LogP contribution >= 0.6 is 11.3 Å². The summed E-state index contributed by atoms with van der Waals surface area (Å²) in [5.74, 6) is 0.812. The van der Waals surface area contributed by atoms with E-state index in [1.165, 1.54) is 5.56 Å². The van der Waals surface area contributed by atoms with Crippen LogP contribution in [0.4, 0.5) is 4.79 Å². The van der Waals surface area contributed by atoms with E-state index in [1.807, 2.05) is 44.2 Å². The summed E-state index contributed by atoms with van der Waals surface area (Å²) in [5, 5.41) is 6.66. The van der Waals surface area contributed by atoms with Crippen molar-refractivity contribution in [2.75, 3.05) is 13.1 Å². The largest absolute Gasteiger partial charge is 0.431 e. The number of hydrogen-bond acceptors (Lipinski definition) is 4. The molecule has 1 fully saturated rings. The first-order valence-corrected chi connectivity index (χ1v) is 11.4. The number of benzene rings is 2. The highest BCUT2D eigenvalue weighted by Crippen LogP contribution is 2.31. The Morgan fingerprint density at radius 2 is 1.90 bits per heavy atom. The molecular formula is C23H29N4O2S+. The zero-order valence-electron chi connectivity index (χ0n) is 17.5. The number of aromatic nitrogens is 1. The lowest BCUT2D eigenvalue weighted by Gasteiger charge is -2.30. The third kappa shape index (κ3) is 5.49. The van der Waals surface area contributed by atoms with Crippen molar-refractivity contribution >= 4 is 27.6 Å². The Morgan fingerprint density at radius 3 is 2.60 bits per heavy atom. The summed E-state index contributed by atoms with van der Waals surface area (Å²) >= 11 is 1.56. The molecule has 0 unspecified atom stereocenters. The van der Waals surface area contributed by atoms with Crippen molar-refractivity contribution in [3.63, 3.8) is 0 Å². The molecule has 0 bridgehead atoms. The molecule has 2 amide bonds. The van der Waals surface area contributed by atoms with Gasteiger partial charge >= 0.3 is 6.03 Å². The van der Waals surface area contributed by atoms with Gasteiger partial charge in [0.05, 0.1) is 23.3 Å². The van der Waals surface area contributed by atoms with Crippen molar-refractivity contribution in [3.8, 4) is 10.9 Å². The van der Waals surface area contributed by atoms with E-state index in [0.717, 1.165) is 48.4 Å². The maximum Gasteiger partial charge on any atom is 0.315 e. The lowest BCUT2D eigenvalue weighted by atomic mass is 10.0. The minimum absolute atomic E-state index is 0.0536. The molecule has 0 radical (unpaired) electrons. The molecule has 1 aromatic heterocycles. The second-order valence-electron chi connectivity index (χ2n) is 8.17. The van der Waals surface area contributed by atoms with Gasteiger partial charge in [-0.2, -0.15) is 0 Å². The van der Waals surface area contributed by atoms with Crippen LogP contribution in [0.5, 0.6) is 10.9 Å². The first kappa shape index (κ1) is 20.6. The molecule has 2 aromatic carbocycles. The van der Waals surface area contributed by atoms with E-state index >= 15 is 0 Å². The molecule has 1 saturated heterocycles. The summed E-state index contributed by atoms with van der Waals surface area (Å²) in [7, 11) is 0. The number of urea groups is 1. The zero-order chi connectivity index (χ0) is 20.9. The van der Waals surface area contributed by atoms with Crippen molar-refractivity contribution in [2.45, 2.75) is 45.3 Å². The van der Waals surface area contributed by atoms with Crippen LogP contribution in [0.15, 0.2) is 48.5 Å². The van der Waals surface area contributed by atoms with Crippen LogP contribution in [0, 0.1) is 0 Å². The summed E-state index contributed by atoms with van der Waals surface area (Å²) in [5.41, 5.74) is 2.27. The predicted molar refractivity (Wildman–Crippen MR) is 120 cm³/mol. The molecule has 0 spiro atoms. The average molecular weight is 426 g/mol. The van der Waals surface area contributed by atoms with E-state index in [1.54, 1.807) is 16.2 Å². The van der Waals surface area contributed by atoms with E-state index in [0.29, 0.717) is 5.19 Å². The van der Waals surface area contributed by atoms with E-state index in [-0.39, 0.29) is 18.1 Å². The maximum absolute atomic E-state index is 11.9. The van der Waals surface area contributed by atoms with Gasteiger partial charge in [0.1, 0.15) is 12.3 Å². The van der Waals surface area contributed by atoms with Crippen molar-refractivity contribution in [1.29, 1.82) is 0 Å². The molecule has 158 valence electrons. The topological polar surface area (TPSA) is 67.7 Å². The fourth-order valence-electron chi connectivity index (χ4n) is 3.80. The SMILES string of the molecule is CC(C)NC(=O)NC1CC[NH+](Cc2ccc(Oc3nc4ccccc4s3)cc2)CC1. The quantitative estimate of drug-likeness (QED) is 0.567. The molecule has 0 aliphatic carbocycles. The van der Waals surface area contributed by atoms with Crippen molar-refractivity contribution < 1.29 is 14.4 Å². The Morgan fingerprint density at radius 1 is 1.17 bits per heavy atom. The Balaban J connectivity index is 1.25. The molecule has 1 aliphatic heterocycles. The number of piperidine rings is 1. The van der Waals surface area contributed by atoms with E-state index in [9.17, 15) is 4.79 Å². The Bertz CT molecular complexity index is 945. The molecule has 1 aliphatic rings. The normalized spacial score (nSPS) is 19.0. The van der Waals surface area contributed by atoms with Crippen LogP contribution in [0.2, 0.25) is 0 Å². The van der Waals surface area contributed by atoms with Crippen LogP contribution < -0.4 is 20.3 Å². The highest BCUT2D eigenvalue weighted by molar-refractivity contribution is 7.20. The predicted octanol–water partition coefficient (Wildman–Crippen LogP) is 3.34. The number of likely N-dealkylation sites (tertiary alicyclic amines) is 1. The van der Waals surface area contributed by atoms with Crippen molar-refractivity contribution in [2.24, 2.45) is 0 Å². The van der Waals surface area contributed by atoms with E-state index < -0.39 is 0 Å². The number of nitrogens with zero attached hydrogens (tertiary/aromatic N) is 1. The second kappa shape index (κ2) is 9.45. The first-order valence-electron chi connectivity index (χ1n) is 10.6. The van der Waals surface area contributed by atoms with Crippen molar-refractivity contribution in [1.82, 2.24) is 15.6 Å². The fraction of sp³-hybridized carbons (Fsp3) is 0.391. The number of para-hydroxylation sites is 1. The lowest BCUT2D eigenvalue weighted by molar-refractivity contribution is -0.918. The molecule has 0 atom stereocenters. The molecule has 0 saturated carbocycles. The van der Waals surface area contributed by atoms with Gasteiger partial charge in [0.25, 0.3) is 5.19 Å². The highest BCUT2D eigenvalue weighted by atomic mass is 32.1. The summed E-state index contributed by atoms with van der Waals surface area (Å²) in [6.45, 7) is 7.07. The van der Waals surface area contributed by atoms with E-state index in [4.69, 9.17) is 4.74 Å². The third-order valence-electron chi connectivity index (χ3n) is 5.30. The van der Waals surface area contributed by atoms with Crippen LogP contribution in [-0.2, 0) is 6.54 Å². The number of quaternary nitrogens is 1. The summed E-state index contributed by atoms with van der Waals surface area (Å²) in [6, 6.07) is 16.8. The Hall–Kier alpha value is -2.64. The van der Waals surface area contributed by atoms with Gasteiger partial charge in [-0.05, 0) is 50.2 Å². The number of fused-ring (bicyclic) bond motifs is 1. The zero-order valence-corrected chi connectivity index (χ0v) is 18.3. The molecule has 30 heavy (non-hydrogen) atoms. The monoisotopic (exact) mass is 425 g/mol. The van der Waals surface area contributed by atoms with Gasteiger partial charge in [-0.1, -0.05) is 23.5 Å². The number of hydrogen-bond donors (Lipinski definition) is 3. The Labute approximate surface area is 181 Å². The lowest BCUT2D eigenvalue weighted by Crippen LogP contribution is -3.12. The Kier molecular flexibility index (Phi) is 6.50. The average Bonchev–Trinajstić information content (AvgIpc) is 3.12. The number of rotatable bonds is 6. The molecule has 7 heteroatoms. The van der Waals surface area contributed by atoms with E-state index in [2.05, 4.69) is 33.8 Å². The molecule has 3 aromatic rings. The minimum atomic E-state index is -0.0536. The molecule has 6 nitrogen and oxygen atoms in total. The first-order chi connectivity index (χ1) is 14.5. The van der Waals surface area contributed by atoms with Gasteiger partial charge in [0.2, 0.25) is 0 Å². The van der Waals surface area contributed by atoms with Crippen molar-refractivity contribution in [3.05, 3.63) is 54.1 Å². The molecule has 3 N–H and O–H groups in total. The van der Waals surface area contributed by atoms with Crippen LogP contribution in [-0.4, -0.2) is 36.2 Å². The minimum Gasteiger partial charge on any atom is -0.431 e. The molecular weight excluding hydrogens is 396 g/mol. The van der Waals surface area contributed by atoms with Crippen LogP contribution in [0.3, 0.4) is 0 Å². The standard InChI is InChI=1S/C23H28N4O2S/c1-16(2)24-22(28)25-18-11-13-27(14-12-18)15-17-7-9-19(10-8-17)29-23-26-20-5-3-4-6-21(20)30-23/h3-10,16,18H,11-15H2,1-2H3,(H2,24,25,28)/p+1. The van der Waals surface area contributed by atoms with Gasteiger partial charge in [-0.25, -0.2) is 9.78 Å². The van der Waals surface area contributed by atoms with Gasteiger partial charge in [-0.15, -0.1) is 0 Å². The van der Waals surface area contributed by atoms with Gasteiger partial charge < -0.3 is 20.3 Å². The number of amides is 2. The number of thiazole rings is 1. The second-order valence-corrected chi connectivity index (χ2v) is 9.16. The van der Waals surface area contributed by atoms with Crippen LogP contribution in [0.25, 0.3) is 10.2 Å². The highest BCUT2D eigenvalue weighted by Gasteiger charge is 2.23. The number of carbonyl (C=O) groups excluding carboxylic acids is 1. The third-order valence-corrected chi connectivity index (χ3v) is 6.22. The number of nitrogens with one attached hydrogen (secondary N) is 3. The smallest absolute Gasteiger partial charge is 0.315 e. The molecule has 4 rings (SSSR count).